The Kier molecular flexibility index (Phi) is 6.20. The third kappa shape index (κ3) is 4.69. The van der Waals surface area contributed by atoms with Gasteiger partial charge in [0.15, 0.2) is 17.3 Å². The van der Waals surface area contributed by atoms with Gasteiger partial charge < -0.3 is 14.2 Å². The molecule has 0 unspecified atom stereocenters. The molecule has 0 radical (unpaired) electrons. The number of aromatic nitrogens is 1. The predicted molar refractivity (Wildman–Crippen MR) is 118 cm³/mol. The van der Waals surface area contributed by atoms with Crippen LogP contribution < -0.4 is 18.9 Å². The summed E-state index contributed by atoms with van der Waals surface area (Å²) in [6.07, 6.45) is 1.50. The number of pyridine rings is 1. The van der Waals surface area contributed by atoms with E-state index in [4.69, 9.17) is 14.2 Å². The first-order chi connectivity index (χ1) is 16.2. The summed E-state index contributed by atoms with van der Waals surface area (Å²) in [7, 11) is -1.47. The number of ether oxygens (including phenoxy) is 3. The van der Waals surface area contributed by atoms with Crippen LogP contribution in [0.1, 0.15) is 0 Å². The molecule has 0 aliphatic rings. The number of halogens is 3. The van der Waals surface area contributed by atoms with Gasteiger partial charge in [0.1, 0.15) is 23.1 Å². The van der Waals surface area contributed by atoms with E-state index >= 15 is 0 Å². The largest absolute Gasteiger partial charge is 0.493 e. The van der Waals surface area contributed by atoms with E-state index in [2.05, 4.69) is 4.98 Å². The molecular weight excluding hydrogens is 473 g/mol. The Balaban J connectivity index is 1.62. The van der Waals surface area contributed by atoms with Gasteiger partial charge in [-0.15, -0.1) is 0 Å². The third-order valence-corrected chi connectivity index (χ3v) is 6.11. The molecule has 0 saturated carbocycles. The first-order valence-corrected chi connectivity index (χ1v) is 11.2. The Morgan fingerprint density at radius 3 is 2.15 bits per heavy atom. The number of anilines is 1. The molecule has 0 atom stereocenters. The Bertz CT molecular complexity index is 1480. The first-order valence-electron chi connectivity index (χ1n) is 9.67. The summed E-state index contributed by atoms with van der Waals surface area (Å²) < 4.78 is 84.7. The minimum absolute atomic E-state index is 0.0690. The van der Waals surface area contributed by atoms with Crippen molar-refractivity contribution >= 4 is 26.6 Å². The summed E-state index contributed by atoms with van der Waals surface area (Å²) in [6.45, 7) is 0. The summed E-state index contributed by atoms with van der Waals surface area (Å²) in [5.74, 6) is -1.80. The topological polar surface area (TPSA) is 86.8 Å². The second-order valence-electron chi connectivity index (χ2n) is 6.99. The van der Waals surface area contributed by atoms with Gasteiger partial charge in [0, 0.05) is 29.8 Å². The standard InChI is InChI=1S/C23H17F3N2O5S/c1-31-22-11-17-20(12-23(22)32-2)27-6-5-21(17)33-15-3-4-19(18(26)10-15)28-34(29,30)16-8-13(24)7-14(25)9-16/h3-12,28H,1-2H3. The zero-order chi connectivity index (χ0) is 24.5. The van der Waals surface area contributed by atoms with Crippen LogP contribution in [0.2, 0.25) is 0 Å². The van der Waals surface area contributed by atoms with Gasteiger partial charge >= 0.3 is 0 Å². The number of nitrogens with zero attached hydrogens (tertiary/aromatic N) is 1. The van der Waals surface area contributed by atoms with Crippen molar-refractivity contribution < 1.29 is 35.8 Å². The molecule has 1 N–H and O–H groups in total. The van der Waals surface area contributed by atoms with E-state index in [1.165, 1.54) is 26.5 Å². The van der Waals surface area contributed by atoms with E-state index in [0.717, 1.165) is 12.1 Å². The Morgan fingerprint density at radius 2 is 1.50 bits per heavy atom. The molecule has 34 heavy (non-hydrogen) atoms. The van der Waals surface area contributed by atoms with E-state index in [1.807, 2.05) is 4.72 Å². The van der Waals surface area contributed by atoms with Crippen molar-refractivity contribution in [2.24, 2.45) is 0 Å². The van der Waals surface area contributed by atoms with Gasteiger partial charge in [-0.05, 0) is 36.4 Å². The van der Waals surface area contributed by atoms with Gasteiger partial charge in [0.25, 0.3) is 10.0 Å². The number of methoxy groups -OCH3 is 2. The van der Waals surface area contributed by atoms with Crippen LogP contribution in [0.5, 0.6) is 23.0 Å². The van der Waals surface area contributed by atoms with E-state index < -0.39 is 38.1 Å². The van der Waals surface area contributed by atoms with Crippen molar-refractivity contribution in [2.75, 3.05) is 18.9 Å². The van der Waals surface area contributed by atoms with Crippen LogP contribution in [-0.2, 0) is 10.0 Å². The molecule has 11 heteroatoms. The van der Waals surface area contributed by atoms with Crippen LogP contribution in [0, 0.1) is 17.5 Å². The van der Waals surface area contributed by atoms with Crippen LogP contribution in [0.15, 0.2) is 65.7 Å². The predicted octanol–water partition coefficient (Wildman–Crippen LogP) is 5.26. The van der Waals surface area contributed by atoms with Gasteiger partial charge in [0.2, 0.25) is 0 Å². The van der Waals surface area contributed by atoms with Gasteiger partial charge in [-0.2, -0.15) is 0 Å². The van der Waals surface area contributed by atoms with E-state index in [-0.39, 0.29) is 5.75 Å². The van der Waals surface area contributed by atoms with Crippen LogP contribution >= 0.6 is 0 Å². The zero-order valence-electron chi connectivity index (χ0n) is 17.8. The monoisotopic (exact) mass is 490 g/mol. The lowest BCUT2D eigenvalue weighted by molar-refractivity contribution is 0.355. The van der Waals surface area contributed by atoms with E-state index in [1.54, 1.807) is 18.2 Å². The van der Waals surface area contributed by atoms with Gasteiger partial charge in [-0.25, -0.2) is 21.6 Å². The number of benzene rings is 3. The van der Waals surface area contributed by atoms with Crippen LogP contribution in [0.25, 0.3) is 10.9 Å². The summed E-state index contributed by atoms with van der Waals surface area (Å²) in [5.41, 5.74) is 0.116. The van der Waals surface area contributed by atoms with Crippen molar-refractivity contribution in [3.63, 3.8) is 0 Å². The number of sulfonamides is 1. The lowest BCUT2D eigenvalue weighted by atomic mass is 10.2. The highest BCUT2D eigenvalue weighted by molar-refractivity contribution is 7.92. The van der Waals surface area contributed by atoms with Crippen molar-refractivity contribution in [1.29, 1.82) is 0 Å². The molecule has 176 valence electrons. The minimum atomic E-state index is -4.44. The molecule has 1 aromatic heterocycles. The van der Waals surface area contributed by atoms with E-state index in [0.29, 0.717) is 46.4 Å². The number of fused-ring (bicyclic) bond motifs is 1. The lowest BCUT2D eigenvalue weighted by Gasteiger charge is -2.13. The maximum atomic E-state index is 14.7. The highest BCUT2D eigenvalue weighted by Gasteiger charge is 2.19. The Labute approximate surface area is 192 Å². The number of hydrogen-bond acceptors (Lipinski definition) is 6. The van der Waals surface area contributed by atoms with Crippen molar-refractivity contribution in [1.82, 2.24) is 4.98 Å². The quantitative estimate of drug-likeness (QED) is 0.380. The average Bonchev–Trinajstić information content (AvgIpc) is 2.79. The molecule has 0 aliphatic carbocycles. The summed E-state index contributed by atoms with van der Waals surface area (Å²) in [5, 5.41) is 0.568. The van der Waals surface area contributed by atoms with Crippen LogP contribution in [0.3, 0.4) is 0 Å². The third-order valence-electron chi connectivity index (χ3n) is 4.77. The number of hydrogen-bond donors (Lipinski definition) is 1. The van der Waals surface area contributed by atoms with Crippen LogP contribution in [-0.4, -0.2) is 27.6 Å². The average molecular weight is 490 g/mol. The molecule has 0 fully saturated rings. The normalized spacial score (nSPS) is 11.3. The molecule has 0 aliphatic heterocycles. The fourth-order valence-electron chi connectivity index (χ4n) is 3.19. The van der Waals surface area contributed by atoms with Gasteiger partial charge in [-0.3, -0.25) is 9.71 Å². The second-order valence-corrected chi connectivity index (χ2v) is 8.67. The molecule has 0 bridgehead atoms. The molecule has 1 heterocycles. The molecule has 0 amide bonds. The molecule has 0 saturated heterocycles. The fourth-order valence-corrected chi connectivity index (χ4v) is 4.30. The Hall–Kier alpha value is -3.99. The summed E-state index contributed by atoms with van der Waals surface area (Å²) in [4.78, 5) is 3.58. The highest BCUT2D eigenvalue weighted by atomic mass is 32.2. The molecule has 7 nitrogen and oxygen atoms in total. The van der Waals surface area contributed by atoms with Crippen molar-refractivity contribution in [2.45, 2.75) is 4.90 Å². The Morgan fingerprint density at radius 1 is 0.824 bits per heavy atom. The van der Waals surface area contributed by atoms with Crippen molar-refractivity contribution in [3.8, 4) is 23.0 Å². The minimum Gasteiger partial charge on any atom is -0.493 e. The zero-order valence-corrected chi connectivity index (χ0v) is 18.6. The van der Waals surface area contributed by atoms with Crippen LogP contribution in [0.4, 0.5) is 18.9 Å². The maximum absolute atomic E-state index is 14.7. The molecule has 0 spiro atoms. The SMILES string of the molecule is COc1cc2nccc(Oc3ccc(NS(=O)(=O)c4cc(F)cc(F)c4)c(F)c3)c2cc1OC. The first kappa shape index (κ1) is 23.2. The second kappa shape index (κ2) is 9.10. The highest BCUT2D eigenvalue weighted by Crippen LogP contribution is 2.37. The lowest BCUT2D eigenvalue weighted by Crippen LogP contribution is -2.14. The molecular formula is C23H17F3N2O5S. The van der Waals surface area contributed by atoms with Gasteiger partial charge in [0.05, 0.1) is 30.3 Å². The number of nitrogens with one attached hydrogen (secondary N) is 1. The van der Waals surface area contributed by atoms with Crippen molar-refractivity contribution in [3.05, 3.63) is 78.2 Å². The molecule has 4 rings (SSSR count). The fraction of sp³-hybridized carbons (Fsp3) is 0.0870. The molecule has 3 aromatic carbocycles. The smallest absolute Gasteiger partial charge is 0.262 e. The van der Waals surface area contributed by atoms with Gasteiger partial charge in [-0.1, -0.05) is 0 Å². The number of rotatable bonds is 7. The summed E-state index contributed by atoms with van der Waals surface area (Å²) in [6, 6.07) is 10.1. The summed E-state index contributed by atoms with van der Waals surface area (Å²) >= 11 is 0. The van der Waals surface area contributed by atoms with E-state index in [9.17, 15) is 21.6 Å². The molecule has 4 aromatic rings. The maximum Gasteiger partial charge on any atom is 0.262 e.